The molecule has 3 aromatic rings. The van der Waals surface area contributed by atoms with E-state index in [-0.39, 0.29) is 35.3 Å². The van der Waals surface area contributed by atoms with Crippen LogP contribution in [0.4, 0.5) is 0 Å². The lowest BCUT2D eigenvalue weighted by Crippen LogP contribution is -2.40. The summed E-state index contributed by atoms with van der Waals surface area (Å²) < 4.78 is 10.2. The van der Waals surface area contributed by atoms with E-state index in [9.17, 15) is 14.7 Å². The third-order valence-corrected chi connectivity index (χ3v) is 6.99. The van der Waals surface area contributed by atoms with Gasteiger partial charge in [-0.3, -0.25) is 9.59 Å². The predicted molar refractivity (Wildman–Crippen MR) is 140 cm³/mol. The first-order valence-corrected chi connectivity index (χ1v) is 12.8. The van der Waals surface area contributed by atoms with E-state index < -0.39 is 0 Å². The number of phenols is 1. The lowest BCUT2D eigenvalue weighted by Gasteiger charge is -2.28. The molecule has 2 amide bonds. The zero-order valence-corrected chi connectivity index (χ0v) is 21.5. The van der Waals surface area contributed by atoms with Crippen LogP contribution >= 0.6 is 0 Å². The number of benzene rings is 2. The van der Waals surface area contributed by atoms with Crippen LogP contribution in [0.25, 0.3) is 11.1 Å². The fraction of sp³-hybridized carbons (Fsp3) is 0.414. The van der Waals surface area contributed by atoms with Crippen LogP contribution in [0.5, 0.6) is 5.75 Å². The maximum Gasteiger partial charge on any atom is 0.290 e. The van der Waals surface area contributed by atoms with Gasteiger partial charge in [0.1, 0.15) is 5.75 Å². The van der Waals surface area contributed by atoms with Gasteiger partial charge in [-0.15, -0.1) is 0 Å². The van der Waals surface area contributed by atoms with Crippen LogP contribution in [0.2, 0.25) is 0 Å². The van der Waals surface area contributed by atoms with Crippen LogP contribution < -0.4 is 5.32 Å². The van der Waals surface area contributed by atoms with Crippen molar-refractivity contribution in [3.05, 3.63) is 71.6 Å². The number of hydrogen-bond donors (Lipinski definition) is 2. The smallest absolute Gasteiger partial charge is 0.290 e. The Morgan fingerprint density at radius 1 is 1.05 bits per heavy atom. The molecule has 2 aromatic carbocycles. The molecule has 1 aromatic heterocycles. The van der Waals surface area contributed by atoms with Crippen molar-refractivity contribution in [2.75, 3.05) is 26.3 Å². The van der Waals surface area contributed by atoms with E-state index in [1.807, 2.05) is 41.3 Å². The fourth-order valence-corrected chi connectivity index (χ4v) is 4.67. The number of hydrogen-bond acceptors (Lipinski definition) is 6. The molecule has 0 spiro atoms. The average molecular weight is 506 g/mol. The normalized spacial score (nSPS) is 13.9. The van der Waals surface area contributed by atoms with Crippen LogP contribution in [-0.4, -0.2) is 53.3 Å². The topological polar surface area (TPSA) is 105 Å². The van der Waals surface area contributed by atoms with Crippen LogP contribution in [-0.2, 0) is 21.5 Å². The van der Waals surface area contributed by atoms with Crippen LogP contribution in [0.15, 0.2) is 59.3 Å². The fourth-order valence-electron chi connectivity index (χ4n) is 4.67. The first-order chi connectivity index (χ1) is 17.8. The number of morpholine rings is 1. The van der Waals surface area contributed by atoms with Gasteiger partial charge in [0.2, 0.25) is 11.7 Å². The summed E-state index contributed by atoms with van der Waals surface area (Å²) in [5.74, 6) is 0.207. The first-order valence-electron chi connectivity index (χ1n) is 12.8. The second kappa shape index (κ2) is 12.1. The van der Waals surface area contributed by atoms with E-state index in [4.69, 9.17) is 9.26 Å². The molecule has 1 saturated heterocycles. The number of amides is 2. The molecule has 0 unspecified atom stereocenters. The molecule has 0 aliphatic carbocycles. The minimum absolute atomic E-state index is 0.150. The minimum Gasteiger partial charge on any atom is -0.507 e. The quantitative estimate of drug-likeness (QED) is 0.388. The Morgan fingerprint density at radius 2 is 1.84 bits per heavy atom. The second-order valence-corrected chi connectivity index (χ2v) is 10.0. The molecule has 0 atom stereocenters. The van der Waals surface area contributed by atoms with Crippen molar-refractivity contribution in [1.29, 1.82) is 0 Å². The van der Waals surface area contributed by atoms with Gasteiger partial charge in [-0.1, -0.05) is 61.8 Å². The molecule has 4 rings (SSSR count). The summed E-state index contributed by atoms with van der Waals surface area (Å²) in [7, 11) is 0. The number of ether oxygens (including phenoxy) is 1. The largest absolute Gasteiger partial charge is 0.507 e. The molecule has 1 aliphatic heterocycles. The summed E-state index contributed by atoms with van der Waals surface area (Å²) in [6.45, 7) is 7.24. The molecule has 0 radical (unpaired) electrons. The van der Waals surface area contributed by atoms with E-state index in [0.29, 0.717) is 38.3 Å². The second-order valence-electron chi connectivity index (χ2n) is 10.0. The van der Waals surface area contributed by atoms with Crippen molar-refractivity contribution in [2.45, 2.75) is 51.5 Å². The molecule has 2 heterocycles. The van der Waals surface area contributed by atoms with E-state index in [1.165, 1.54) is 12.3 Å². The Kier molecular flexibility index (Phi) is 8.61. The number of carbonyl (C=O) groups is 2. The number of aromatic nitrogens is 1. The van der Waals surface area contributed by atoms with Gasteiger partial charge in [0.25, 0.3) is 5.91 Å². The zero-order chi connectivity index (χ0) is 26.3. The summed E-state index contributed by atoms with van der Waals surface area (Å²) in [4.78, 5) is 26.5. The maximum absolute atomic E-state index is 12.4. The van der Waals surface area contributed by atoms with E-state index >= 15 is 0 Å². The monoisotopic (exact) mass is 505 g/mol. The molecule has 2 N–H and O–H groups in total. The van der Waals surface area contributed by atoms with Gasteiger partial charge in [-0.05, 0) is 41.0 Å². The Labute approximate surface area is 217 Å². The number of nitrogens with zero attached hydrogens (tertiary/aromatic N) is 2. The molecule has 0 bridgehead atoms. The highest BCUT2D eigenvalue weighted by Crippen LogP contribution is 2.37. The van der Waals surface area contributed by atoms with Crippen molar-refractivity contribution in [3.8, 4) is 16.9 Å². The number of unbranched alkanes of at least 4 members (excludes halogenated alkanes) is 1. The van der Waals surface area contributed by atoms with Crippen molar-refractivity contribution in [3.63, 3.8) is 0 Å². The number of rotatable bonds is 10. The molecule has 8 nitrogen and oxygen atoms in total. The van der Waals surface area contributed by atoms with Crippen molar-refractivity contribution in [1.82, 2.24) is 15.4 Å². The predicted octanol–water partition coefficient (Wildman–Crippen LogP) is 4.67. The number of phenolic OH excluding ortho intramolecular Hbond substituents is 1. The highest BCUT2D eigenvalue weighted by atomic mass is 16.5. The van der Waals surface area contributed by atoms with Crippen LogP contribution in [0.1, 0.15) is 61.2 Å². The molecule has 8 heteroatoms. The molecular weight excluding hydrogens is 470 g/mol. The van der Waals surface area contributed by atoms with Gasteiger partial charge < -0.3 is 24.6 Å². The van der Waals surface area contributed by atoms with Crippen molar-refractivity contribution in [2.24, 2.45) is 0 Å². The molecular formula is C29H35N3O5. The third-order valence-electron chi connectivity index (χ3n) is 6.99. The van der Waals surface area contributed by atoms with Gasteiger partial charge in [0.15, 0.2) is 0 Å². The highest BCUT2D eigenvalue weighted by Gasteiger charge is 2.23. The van der Waals surface area contributed by atoms with Gasteiger partial charge in [-0.2, -0.15) is 0 Å². The van der Waals surface area contributed by atoms with E-state index in [1.54, 1.807) is 0 Å². The minimum atomic E-state index is -0.347. The summed E-state index contributed by atoms with van der Waals surface area (Å²) in [6, 6.07) is 15.0. The van der Waals surface area contributed by atoms with Crippen LogP contribution in [0, 0.1) is 0 Å². The van der Waals surface area contributed by atoms with Crippen molar-refractivity contribution < 1.29 is 24.0 Å². The Bertz CT molecular complexity index is 1200. The Hall–Kier alpha value is -3.65. The Morgan fingerprint density at radius 3 is 2.57 bits per heavy atom. The molecule has 1 aliphatic rings. The summed E-state index contributed by atoms with van der Waals surface area (Å²) in [5.41, 5.74) is 3.33. The summed E-state index contributed by atoms with van der Waals surface area (Å²) in [5, 5.41) is 17.4. The standard InChI is InChI=1S/C29H35N3O5/c1-29(2,13-6-5-9-27(34)32-15-17-36-18-16-32)22-10-11-24(25(33)19-22)23-8-4-3-7-21(23)20-30-28(35)26-12-14-31-37-26/h3-4,7-8,10-12,14,19,33H,5-6,9,13,15-18,20H2,1-2H3,(H,30,35). The molecule has 1 fully saturated rings. The van der Waals surface area contributed by atoms with Gasteiger partial charge in [0.05, 0.1) is 19.4 Å². The zero-order valence-electron chi connectivity index (χ0n) is 21.5. The lowest BCUT2D eigenvalue weighted by molar-refractivity contribution is -0.135. The summed E-state index contributed by atoms with van der Waals surface area (Å²) >= 11 is 0. The third kappa shape index (κ3) is 6.77. The maximum atomic E-state index is 12.4. The number of carbonyl (C=O) groups excluding carboxylic acids is 2. The Balaban J connectivity index is 1.37. The van der Waals surface area contributed by atoms with Gasteiger partial charge in [0, 0.05) is 37.7 Å². The summed E-state index contributed by atoms with van der Waals surface area (Å²) in [6.07, 6.45) is 4.67. The molecule has 37 heavy (non-hydrogen) atoms. The molecule has 0 saturated carbocycles. The average Bonchev–Trinajstić information content (AvgIpc) is 3.46. The van der Waals surface area contributed by atoms with Crippen LogP contribution in [0.3, 0.4) is 0 Å². The number of aromatic hydroxyl groups is 1. The van der Waals surface area contributed by atoms with E-state index in [0.717, 1.165) is 36.0 Å². The first kappa shape index (κ1) is 26.4. The highest BCUT2D eigenvalue weighted by molar-refractivity contribution is 5.91. The molecule has 196 valence electrons. The SMILES string of the molecule is CC(C)(CCCCC(=O)N1CCOCC1)c1ccc(-c2ccccc2CNC(=O)c2ccno2)c(O)c1. The van der Waals surface area contributed by atoms with Crippen molar-refractivity contribution >= 4 is 11.8 Å². The number of nitrogens with one attached hydrogen (secondary N) is 1. The lowest BCUT2D eigenvalue weighted by atomic mass is 9.79. The van der Waals surface area contributed by atoms with Gasteiger partial charge >= 0.3 is 0 Å². The van der Waals surface area contributed by atoms with E-state index in [2.05, 4.69) is 30.4 Å². The van der Waals surface area contributed by atoms with Gasteiger partial charge in [-0.25, -0.2) is 0 Å².